The van der Waals surface area contributed by atoms with Gasteiger partial charge in [0.05, 0.1) is 6.10 Å². The maximum atomic E-state index is 9.76. The number of aliphatic hydroxyl groups excluding tert-OH is 1. The number of hydrogen-bond donors (Lipinski definition) is 1. The molecular weight excluding hydrogens is 200 g/mol. The van der Waals surface area contributed by atoms with Crippen LogP contribution in [0.3, 0.4) is 0 Å². The van der Waals surface area contributed by atoms with E-state index in [-0.39, 0.29) is 0 Å². The highest BCUT2D eigenvalue weighted by Gasteiger charge is 2.26. The lowest BCUT2D eigenvalue weighted by molar-refractivity contribution is 0.199. The molecule has 0 amide bonds. The first-order valence-corrected chi connectivity index (χ1v) is 6.13. The maximum absolute atomic E-state index is 9.76. The van der Waals surface area contributed by atoms with Crippen LogP contribution < -0.4 is 4.90 Å². The third-order valence-corrected chi connectivity index (χ3v) is 3.39. The Balaban J connectivity index is 2.32. The largest absolute Gasteiger partial charge is 0.389 e. The molecule has 0 bridgehead atoms. The molecule has 0 spiro atoms. The molecular formula is C13H20N2O. The maximum Gasteiger partial charge on any atom is 0.134 e. The van der Waals surface area contributed by atoms with Crippen molar-refractivity contribution in [2.45, 2.75) is 45.3 Å². The van der Waals surface area contributed by atoms with E-state index < -0.39 is 6.10 Å². The summed E-state index contributed by atoms with van der Waals surface area (Å²) in [5.41, 5.74) is 0.947. The molecule has 0 aromatic carbocycles. The predicted octanol–water partition coefficient (Wildman–Crippen LogP) is 2.51. The van der Waals surface area contributed by atoms with Gasteiger partial charge in [-0.15, -0.1) is 0 Å². The zero-order chi connectivity index (χ0) is 11.5. The molecule has 2 atom stereocenters. The van der Waals surface area contributed by atoms with Crippen LogP contribution in [0.25, 0.3) is 0 Å². The van der Waals surface area contributed by atoms with Gasteiger partial charge < -0.3 is 10.0 Å². The molecule has 1 aliphatic rings. The van der Waals surface area contributed by atoms with Crippen LogP contribution in [0.2, 0.25) is 0 Å². The van der Waals surface area contributed by atoms with E-state index in [1.165, 1.54) is 12.8 Å². The third kappa shape index (κ3) is 2.05. The number of rotatable bonds is 3. The van der Waals surface area contributed by atoms with Crippen molar-refractivity contribution in [2.75, 3.05) is 11.4 Å². The summed E-state index contributed by atoms with van der Waals surface area (Å²) in [6.07, 6.45) is 4.99. The van der Waals surface area contributed by atoms with Gasteiger partial charge in [-0.1, -0.05) is 13.0 Å². The van der Waals surface area contributed by atoms with E-state index in [2.05, 4.69) is 16.8 Å². The van der Waals surface area contributed by atoms with Gasteiger partial charge in [0.1, 0.15) is 5.82 Å². The second kappa shape index (κ2) is 4.83. The molecule has 1 aliphatic heterocycles. The Labute approximate surface area is 97.1 Å². The van der Waals surface area contributed by atoms with Crippen molar-refractivity contribution in [2.24, 2.45) is 0 Å². The minimum absolute atomic E-state index is 0.443. The van der Waals surface area contributed by atoms with E-state index in [1.807, 2.05) is 18.3 Å². The predicted molar refractivity (Wildman–Crippen MR) is 65.5 cm³/mol. The smallest absolute Gasteiger partial charge is 0.134 e. The molecule has 1 N–H and O–H groups in total. The number of aromatic nitrogens is 1. The topological polar surface area (TPSA) is 36.4 Å². The molecule has 1 unspecified atom stereocenters. The van der Waals surface area contributed by atoms with Crippen LogP contribution in [0.15, 0.2) is 18.3 Å². The van der Waals surface area contributed by atoms with Crippen molar-refractivity contribution in [3.8, 4) is 0 Å². The minimum Gasteiger partial charge on any atom is -0.389 e. The van der Waals surface area contributed by atoms with Gasteiger partial charge >= 0.3 is 0 Å². The molecule has 0 radical (unpaired) electrons. The number of anilines is 1. The van der Waals surface area contributed by atoms with Crippen LogP contribution in [0.1, 0.15) is 44.8 Å². The first-order chi connectivity index (χ1) is 7.74. The lowest BCUT2D eigenvalue weighted by Gasteiger charge is -2.27. The van der Waals surface area contributed by atoms with Crippen molar-refractivity contribution in [3.05, 3.63) is 23.9 Å². The van der Waals surface area contributed by atoms with Crippen LogP contribution >= 0.6 is 0 Å². The molecule has 1 saturated heterocycles. The highest BCUT2D eigenvalue weighted by atomic mass is 16.3. The fourth-order valence-corrected chi connectivity index (χ4v) is 2.51. The van der Waals surface area contributed by atoms with E-state index in [0.717, 1.165) is 24.3 Å². The number of pyridine rings is 1. The van der Waals surface area contributed by atoms with Gasteiger partial charge in [0.25, 0.3) is 0 Å². The summed E-state index contributed by atoms with van der Waals surface area (Å²) in [6.45, 7) is 5.08. The van der Waals surface area contributed by atoms with Crippen molar-refractivity contribution in [3.63, 3.8) is 0 Å². The van der Waals surface area contributed by atoms with E-state index >= 15 is 0 Å². The van der Waals surface area contributed by atoms with E-state index in [4.69, 9.17) is 0 Å². The average Bonchev–Trinajstić information content (AvgIpc) is 2.76. The van der Waals surface area contributed by atoms with Crippen molar-refractivity contribution in [1.29, 1.82) is 0 Å². The normalized spacial score (nSPS) is 22.4. The van der Waals surface area contributed by atoms with Crippen LogP contribution in [-0.2, 0) is 0 Å². The second-order valence-corrected chi connectivity index (χ2v) is 4.49. The highest BCUT2D eigenvalue weighted by molar-refractivity contribution is 5.49. The van der Waals surface area contributed by atoms with Gasteiger partial charge in [-0.05, 0) is 32.3 Å². The number of aliphatic hydroxyl groups is 1. The molecule has 0 aliphatic carbocycles. The Morgan fingerprint density at radius 1 is 1.62 bits per heavy atom. The van der Waals surface area contributed by atoms with E-state index in [0.29, 0.717) is 6.04 Å². The number of nitrogens with zero attached hydrogens (tertiary/aromatic N) is 2. The van der Waals surface area contributed by atoms with Crippen LogP contribution in [0.4, 0.5) is 5.82 Å². The molecule has 3 heteroatoms. The summed E-state index contributed by atoms with van der Waals surface area (Å²) >= 11 is 0. The van der Waals surface area contributed by atoms with E-state index in [1.54, 1.807) is 6.92 Å². The van der Waals surface area contributed by atoms with E-state index in [9.17, 15) is 5.11 Å². The summed E-state index contributed by atoms with van der Waals surface area (Å²) in [4.78, 5) is 6.80. The average molecular weight is 220 g/mol. The summed E-state index contributed by atoms with van der Waals surface area (Å²) in [5.74, 6) is 0.974. The first kappa shape index (κ1) is 11.4. The van der Waals surface area contributed by atoms with Crippen molar-refractivity contribution < 1.29 is 5.11 Å². The van der Waals surface area contributed by atoms with Crippen molar-refractivity contribution >= 4 is 5.82 Å². The SMILES string of the molecule is CCC1CCCN1c1ncccc1[C@H](C)O. The molecule has 2 rings (SSSR count). The molecule has 0 saturated carbocycles. The Morgan fingerprint density at radius 3 is 3.12 bits per heavy atom. The summed E-state index contributed by atoms with van der Waals surface area (Å²) in [6, 6.07) is 4.45. The summed E-state index contributed by atoms with van der Waals surface area (Å²) in [5, 5.41) is 9.76. The van der Waals surface area contributed by atoms with Crippen LogP contribution in [-0.4, -0.2) is 22.7 Å². The molecule has 1 aromatic rings. The highest BCUT2D eigenvalue weighted by Crippen LogP contribution is 2.30. The lowest BCUT2D eigenvalue weighted by atomic mass is 10.1. The Kier molecular flexibility index (Phi) is 3.44. The Morgan fingerprint density at radius 2 is 2.44 bits per heavy atom. The minimum atomic E-state index is -0.443. The van der Waals surface area contributed by atoms with Gasteiger partial charge in [0, 0.05) is 24.3 Å². The van der Waals surface area contributed by atoms with Gasteiger partial charge in [-0.2, -0.15) is 0 Å². The molecule has 3 nitrogen and oxygen atoms in total. The van der Waals surface area contributed by atoms with Crippen LogP contribution in [0, 0.1) is 0 Å². The van der Waals surface area contributed by atoms with Crippen LogP contribution in [0.5, 0.6) is 0 Å². The third-order valence-electron chi connectivity index (χ3n) is 3.39. The fourth-order valence-electron chi connectivity index (χ4n) is 2.51. The Bertz CT molecular complexity index is 352. The molecule has 1 aromatic heterocycles. The first-order valence-electron chi connectivity index (χ1n) is 6.13. The molecule has 16 heavy (non-hydrogen) atoms. The van der Waals surface area contributed by atoms with Gasteiger partial charge in [0.15, 0.2) is 0 Å². The second-order valence-electron chi connectivity index (χ2n) is 4.49. The standard InChI is InChI=1S/C13H20N2O/c1-3-11-6-5-9-15(11)13-12(10(2)16)7-4-8-14-13/h4,7-8,10-11,16H,3,5-6,9H2,1-2H3/t10-,11?/m0/s1. The van der Waals surface area contributed by atoms with Gasteiger partial charge in [-0.25, -0.2) is 4.98 Å². The summed E-state index contributed by atoms with van der Waals surface area (Å²) < 4.78 is 0. The van der Waals surface area contributed by atoms with Gasteiger partial charge in [-0.3, -0.25) is 0 Å². The quantitative estimate of drug-likeness (QED) is 0.850. The fraction of sp³-hybridized carbons (Fsp3) is 0.615. The zero-order valence-electron chi connectivity index (χ0n) is 10.1. The molecule has 2 heterocycles. The monoisotopic (exact) mass is 220 g/mol. The summed E-state index contributed by atoms with van der Waals surface area (Å²) in [7, 11) is 0. The zero-order valence-corrected chi connectivity index (χ0v) is 10.1. The molecule has 88 valence electrons. The Hall–Kier alpha value is -1.09. The van der Waals surface area contributed by atoms with Crippen molar-refractivity contribution in [1.82, 2.24) is 4.98 Å². The lowest BCUT2D eigenvalue weighted by Crippen LogP contribution is -2.30. The number of hydrogen-bond acceptors (Lipinski definition) is 3. The van der Waals surface area contributed by atoms with Gasteiger partial charge in [0.2, 0.25) is 0 Å². The molecule has 1 fully saturated rings.